The van der Waals surface area contributed by atoms with E-state index in [1.165, 1.54) is 0 Å². The van der Waals surface area contributed by atoms with E-state index in [-0.39, 0.29) is 12.1 Å². The summed E-state index contributed by atoms with van der Waals surface area (Å²) in [5, 5.41) is 0. The molecule has 0 aliphatic rings. The van der Waals surface area contributed by atoms with Crippen molar-refractivity contribution < 1.29 is 28.5 Å². The molecule has 0 aromatic rings. The summed E-state index contributed by atoms with van der Waals surface area (Å²) < 4.78 is 26.9. The SMILES string of the molecule is CCN(CC)CCOC(=O)C(C)(C)COCCOC(C)COCCOC. The molecule has 0 rings (SSSR count). The van der Waals surface area contributed by atoms with E-state index in [2.05, 4.69) is 18.7 Å². The average molecular weight is 378 g/mol. The molecule has 0 aromatic heterocycles. The van der Waals surface area contributed by atoms with Crippen molar-refractivity contribution in [1.29, 1.82) is 0 Å². The number of carbonyl (C=O) groups is 1. The van der Waals surface area contributed by atoms with Gasteiger partial charge in [0, 0.05) is 13.7 Å². The summed E-state index contributed by atoms with van der Waals surface area (Å²) in [6.07, 6.45) is -0.00601. The molecule has 0 aliphatic heterocycles. The van der Waals surface area contributed by atoms with Crippen molar-refractivity contribution in [3.63, 3.8) is 0 Å². The van der Waals surface area contributed by atoms with Crippen molar-refractivity contribution in [2.75, 3.05) is 73.0 Å². The van der Waals surface area contributed by atoms with Crippen molar-refractivity contribution >= 4 is 5.97 Å². The normalized spacial score (nSPS) is 13.2. The number of esters is 1. The Kier molecular flexibility index (Phi) is 14.9. The maximum atomic E-state index is 12.2. The average Bonchev–Trinajstić information content (AvgIpc) is 2.61. The highest BCUT2D eigenvalue weighted by Gasteiger charge is 2.29. The number of methoxy groups -OCH3 is 1. The maximum Gasteiger partial charge on any atom is 0.313 e. The van der Waals surface area contributed by atoms with Crippen LogP contribution in [0.15, 0.2) is 0 Å². The lowest BCUT2D eigenvalue weighted by molar-refractivity contribution is -0.158. The molecule has 156 valence electrons. The monoisotopic (exact) mass is 377 g/mol. The van der Waals surface area contributed by atoms with Gasteiger partial charge in [0.15, 0.2) is 0 Å². The van der Waals surface area contributed by atoms with Gasteiger partial charge in [0.05, 0.1) is 51.2 Å². The van der Waals surface area contributed by atoms with Gasteiger partial charge in [-0.2, -0.15) is 0 Å². The van der Waals surface area contributed by atoms with Crippen LogP contribution in [-0.4, -0.2) is 90.0 Å². The Bertz CT molecular complexity index is 347. The lowest BCUT2D eigenvalue weighted by Gasteiger charge is -2.24. The van der Waals surface area contributed by atoms with E-state index in [4.69, 9.17) is 23.7 Å². The summed E-state index contributed by atoms with van der Waals surface area (Å²) in [6, 6.07) is 0. The zero-order chi connectivity index (χ0) is 19.8. The lowest BCUT2D eigenvalue weighted by atomic mass is 9.95. The van der Waals surface area contributed by atoms with Gasteiger partial charge in [-0.05, 0) is 33.9 Å². The van der Waals surface area contributed by atoms with E-state index in [9.17, 15) is 4.79 Å². The van der Waals surface area contributed by atoms with Gasteiger partial charge in [0.1, 0.15) is 6.61 Å². The van der Waals surface area contributed by atoms with Crippen molar-refractivity contribution in [3.05, 3.63) is 0 Å². The van der Waals surface area contributed by atoms with E-state index in [1.807, 2.05) is 20.8 Å². The Balaban J connectivity index is 3.80. The summed E-state index contributed by atoms with van der Waals surface area (Å²) in [7, 11) is 1.64. The summed E-state index contributed by atoms with van der Waals surface area (Å²) in [5.41, 5.74) is -0.669. The maximum absolute atomic E-state index is 12.2. The van der Waals surface area contributed by atoms with Gasteiger partial charge in [-0.3, -0.25) is 4.79 Å². The molecule has 0 spiro atoms. The molecule has 0 bridgehead atoms. The third-order valence-corrected chi connectivity index (χ3v) is 3.96. The molecule has 1 atom stereocenters. The summed E-state index contributed by atoms with van der Waals surface area (Å²) in [6.45, 7) is 15.7. The Morgan fingerprint density at radius 1 is 1.00 bits per heavy atom. The molecular weight excluding hydrogens is 338 g/mol. The summed E-state index contributed by atoms with van der Waals surface area (Å²) in [4.78, 5) is 14.4. The van der Waals surface area contributed by atoms with Crippen LogP contribution in [0.5, 0.6) is 0 Å². The molecule has 0 saturated heterocycles. The quantitative estimate of drug-likeness (QED) is 0.284. The molecule has 0 N–H and O–H groups in total. The van der Waals surface area contributed by atoms with E-state index >= 15 is 0 Å². The summed E-state index contributed by atoms with van der Waals surface area (Å²) in [5.74, 6) is -0.231. The number of likely N-dealkylation sites (N-methyl/N-ethyl adjacent to an activating group) is 1. The molecule has 1 unspecified atom stereocenters. The molecule has 26 heavy (non-hydrogen) atoms. The van der Waals surface area contributed by atoms with E-state index in [1.54, 1.807) is 7.11 Å². The molecular formula is C19H39NO6. The first-order chi connectivity index (χ1) is 12.4. The number of hydrogen-bond acceptors (Lipinski definition) is 7. The van der Waals surface area contributed by atoms with Crippen LogP contribution in [0.25, 0.3) is 0 Å². The van der Waals surface area contributed by atoms with Crippen molar-refractivity contribution in [1.82, 2.24) is 4.90 Å². The molecule has 0 amide bonds. The van der Waals surface area contributed by atoms with Crippen LogP contribution in [0.4, 0.5) is 0 Å². The van der Waals surface area contributed by atoms with Crippen LogP contribution in [0.1, 0.15) is 34.6 Å². The van der Waals surface area contributed by atoms with Crippen LogP contribution in [0.2, 0.25) is 0 Å². The van der Waals surface area contributed by atoms with Gasteiger partial charge >= 0.3 is 5.97 Å². The van der Waals surface area contributed by atoms with Gasteiger partial charge < -0.3 is 28.6 Å². The lowest BCUT2D eigenvalue weighted by Crippen LogP contribution is -2.35. The predicted molar refractivity (Wildman–Crippen MR) is 101 cm³/mol. The van der Waals surface area contributed by atoms with Gasteiger partial charge in [-0.15, -0.1) is 0 Å². The highest BCUT2D eigenvalue weighted by Crippen LogP contribution is 2.17. The molecule has 7 heteroatoms. The van der Waals surface area contributed by atoms with Crippen LogP contribution in [0.3, 0.4) is 0 Å². The van der Waals surface area contributed by atoms with Crippen LogP contribution in [0, 0.1) is 5.41 Å². The molecule has 0 saturated carbocycles. The Morgan fingerprint density at radius 2 is 1.65 bits per heavy atom. The second kappa shape index (κ2) is 15.3. The minimum absolute atomic E-state index is 0.00601. The fraction of sp³-hybridized carbons (Fsp3) is 0.947. The zero-order valence-electron chi connectivity index (χ0n) is 17.5. The Morgan fingerprint density at radius 3 is 2.27 bits per heavy atom. The second-order valence-corrected chi connectivity index (χ2v) is 6.85. The predicted octanol–water partition coefficient (Wildman–Crippen LogP) is 1.98. The number of nitrogens with zero attached hydrogens (tertiary/aromatic N) is 1. The third kappa shape index (κ3) is 12.6. The number of ether oxygens (including phenoxy) is 5. The molecule has 0 aromatic carbocycles. The van der Waals surface area contributed by atoms with Crippen molar-refractivity contribution in [2.45, 2.75) is 40.7 Å². The van der Waals surface area contributed by atoms with Crippen LogP contribution >= 0.6 is 0 Å². The third-order valence-electron chi connectivity index (χ3n) is 3.96. The van der Waals surface area contributed by atoms with Crippen molar-refractivity contribution in [2.24, 2.45) is 5.41 Å². The van der Waals surface area contributed by atoms with E-state index in [0.29, 0.717) is 46.2 Å². The van der Waals surface area contributed by atoms with Crippen LogP contribution in [-0.2, 0) is 28.5 Å². The minimum atomic E-state index is -0.669. The van der Waals surface area contributed by atoms with Gasteiger partial charge in [-0.25, -0.2) is 0 Å². The fourth-order valence-electron chi connectivity index (χ4n) is 2.14. The Hall–Kier alpha value is -0.730. The Labute approximate surface area is 159 Å². The molecule has 0 heterocycles. The van der Waals surface area contributed by atoms with Crippen molar-refractivity contribution in [3.8, 4) is 0 Å². The molecule has 0 fully saturated rings. The van der Waals surface area contributed by atoms with Gasteiger partial charge in [0.25, 0.3) is 0 Å². The first-order valence-electron chi connectivity index (χ1n) is 9.52. The van der Waals surface area contributed by atoms with Gasteiger partial charge in [0.2, 0.25) is 0 Å². The highest BCUT2D eigenvalue weighted by molar-refractivity contribution is 5.76. The second-order valence-electron chi connectivity index (χ2n) is 6.85. The number of rotatable bonds is 17. The van der Waals surface area contributed by atoms with E-state index in [0.717, 1.165) is 19.6 Å². The standard InChI is InChI=1S/C19H39NO6/c1-7-20(8-2)9-10-26-18(21)19(4,5)16-24-13-14-25-17(3)15-23-12-11-22-6/h17H,7-16H2,1-6H3. The first-order valence-corrected chi connectivity index (χ1v) is 9.52. The molecule has 0 aliphatic carbocycles. The van der Waals surface area contributed by atoms with E-state index < -0.39 is 5.41 Å². The molecule has 0 radical (unpaired) electrons. The zero-order valence-corrected chi connectivity index (χ0v) is 17.5. The largest absolute Gasteiger partial charge is 0.464 e. The number of hydrogen-bond donors (Lipinski definition) is 0. The topological polar surface area (TPSA) is 66.5 Å². The highest BCUT2D eigenvalue weighted by atomic mass is 16.6. The van der Waals surface area contributed by atoms with Gasteiger partial charge in [-0.1, -0.05) is 13.8 Å². The first kappa shape index (κ1) is 25.3. The fourth-order valence-corrected chi connectivity index (χ4v) is 2.14. The smallest absolute Gasteiger partial charge is 0.313 e. The minimum Gasteiger partial charge on any atom is -0.464 e. The molecule has 7 nitrogen and oxygen atoms in total. The number of carbonyl (C=O) groups excluding carboxylic acids is 1. The van der Waals surface area contributed by atoms with Crippen LogP contribution < -0.4 is 0 Å². The summed E-state index contributed by atoms with van der Waals surface area (Å²) >= 11 is 0.